The topological polar surface area (TPSA) is 77.0 Å². The second-order valence-corrected chi connectivity index (χ2v) is 3.94. The summed E-state index contributed by atoms with van der Waals surface area (Å²) in [6.07, 6.45) is 6.46. The normalized spacial score (nSPS) is 10.0. The predicted octanol–water partition coefficient (Wildman–Crippen LogP) is 1.58. The Morgan fingerprint density at radius 1 is 1.32 bits per heavy atom. The van der Waals surface area contributed by atoms with Gasteiger partial charge in [-0.1, -0.05) is 0 Å². The molecule has 6 nitrogen and oxygen atoms in total. The Bertz CT molecular complexity index is 586. The first-order valence-electron chi connectivity index (χ1n) is 5.74. The molecule has 0 bridgehead atoms. The first-order chi connectivity index (χ1) is 9.20. The largest absolute Gasteiger partial charge is 0.464 e. The molecular formula is C13H14N4O2. The summed E-state index contributed by atoms with van der Waals surface area (Å²) in [7, 11) is 1.31. The van der Waals surface area contributed by atoms with Crippen LogP contribution >= 0.6 is 0 Å². The number of esters is 1. The van der Waals surface area contributed by atoms with Crippen molar-refractivity contribution in [2.45, 2.75) is 13.5 Å². The molecule has 0 aliphatic rings. The maximum atomic E-state index is 11.3. The van der Waals surface area contributed by atoms with Gasteiger partial charge in [0.2, 0.25) is 0 Å². The van der Waals surface area contributed by atoms with Crippen molar-refractivity contribution in [2.75, 3.05) is 12.4 Å². The number of carbonyl (C=O) groups is 1. The number of hydrogen-bond acceptors (Lipinski definition) is 6. The average molecular weight is 258 g/mol. The van der Waals surface area contributed by atoms with E-state index in [1.165, 1.54) is 13.3 Å². The Labute approximate surface area is 110 Å². The molecular weight excluding hydrogens is 244 g/mol. The van der Waals surface area contributed by atoms with E-state index in [0.29, 0.717) is 12.4 Å². The lowest BCUT2D eigenvalue weighted by molar-refractivity contribution is 0.0593. The molecule has 0 radical (unpaired) electrons. The zero-order valence-corrected chi connectivity index (χ0v) is 10.8. The Kier molecular flexibility index (Phi) is 4.02. The fourth-order valence-corrected chi connectivity index (χ4v) is 1.52. The number of aryl methyl sites for hydroxylation is 1. The summed E-state index contributed by atoms with van der Waals surface area (Å²) >= 11 is 0. The molecule has 2 aromatic heterocycles. The lowest BCUT2D eigenvalue weighted by Gasteiger charge is -2.08. The monoisotopic (exact) mass is 258 g/mol. The Hall–Kier alpha value is -2.50. The number of hydrogen-bond donors (Lipinski definition) is 1. The molecule has 0 saturated heterocycles. The van der Waals surface area contributed by atoms with Crippen molar-refractivity contribution < 1.29 is 9.53 Å². The predicted molar refractivity (Wildman–Crippen MR) is 69.7 cm³/mol. The first-order valence-corrected chi connectivity index (χ1v) is 5.74. The molecule has 2 aromatic rings. The van der Waals surface area contributed by atoms with Crippen molar-refractivity contribution >= 4 is 11.8 Å². The van der Waals surface area contributed by atoms with Gasteiger partial charge in [-0.25, -0.2) is 9.78 Å². The smallest absolute Gasteiger partial charge is 0.358 e. The van der Waals surface area contributed by atoms with E-state index >= 15 is 0 Å². The van der Waals surface area contributed by atoms with Gasteiger partial charge in [0.15, 0.2) is 5.69 Å². The first kappa shape index (κ1) is 12.9. The molecule has 0 amide bonds. The van der Waals surface area contributed by atoms with Gasteiger partial charge in [-0.05, 0) is 24.1 Å². The van der Waals surface area contributed by atoms with Crippen LogP contribution in [0.4, 0.5) is 5.82 Å². The summed E-state index contributed by atoms with van der Waals surface area (Å²) in [5, 5.41) is 3.10. The molecule has 98 valence electrons. The molecule has 6 heteroatoms. The molecule has 0 aliphatic heterocycles. The highest BCUT2D eigenvalue weighted by Crippen LogP contribution is 2.09. The van der Waals surface area contributed by atoms with Crippen LogP contribution in [0, 0.1) is 6.92 Å². The molecule has 0 fully saturated rings. The summed E-state index contributed by atoms with van der Waals surface area (Å²) in [6, 6.07) is 1.94. The zero-order chi connectivity index (χ0) is 13.7. The van der Waals surface area contributed by atoms with Crippen LogP contribution in [-0.4, -0.2) is 28.0 Å². The van der Waals surface area contributed by atoms with E-state index in [-0.39, 0.29) is 5.69 Å². The minimum absolute atomic E-state index is 0.176. The molecule has 0 unspecified atom stereocenters. The standard InChI is InChI=1S/C13H14N4O2/c1-9-3-4-14-5-10(9)6-16-12-8-15-7-11(17-12)13(18)19-2/h3-5,7-8H,6H2,1-2H3,(H,16,17). The lowest BCUT2D eigenvalue weighted by atomic mass is 10.2. The van der Waals surface area contributed by atoms with Gasteiger partial charge < -0.3 is 10.1 Å². The van der Waals surface area contributed by atoms with E-state index in [9.17, 15) is 4.79 Å². The quantitative estimate of drug-likeness (QED) is 0.839. The SMILES string of the molecule is COC(=O)c1cncc(NCc2cnccc2C)n1. The Morgan fingerprint density at radius 3 is 2.89 bits per heavy atom. The summed E-state index contributed by atoms with van der Waals surface area (Å²) in [6.45, 7) is 2.58. The van der Waals surface area contributed by atoms with Crippen molar-refractivity contribution in [3.05, 3.63) is 47.7 Å². The van der Waals surface area contributed by atoms with E-state index in [4.69, 9.17) is 0 Å². The van der Waals surface area contributed by atoms with Crippen LogP contribution in [0.2, 0.25) is 0 Å². The van der Waals surface area contributed by atoms with Gasteiger partial charge in [0.1, 0.15) is 5.82 Å². The zero-order valence-electron chi connectivity index (χ0n) is 10.8. The molecule has 19 heavy (non-hydrogen) atoms. The molecule has 0 aromatic carbocycles. The Morgan fingerprint density at radius 2 is 2.16 bits per heavy atom. The van der Waals surface area contributed by atoms with Crippen molar-refractivity contribution in [3.8, 4) is 0 Å². The summed E-state index contributed by atoms with van der Waals surface area (Å²) in [5.41, 5.74) is 2.38. The van der Waals surface area contributed by atoms with Gasteiger partial charge in [-0.15, -0.1) is 0 Å². The summed E-state index contributed by atoms with van der Waals surface area (Å²) in [5.74, 6) is 0.0138. The fourth-order valence-electron chi connectivity index (χ4n) is 1.52. The third-order valence-electron chi connectivity index (χ3n) is 2.64. The van der Waals surface area contributed by atoms with Crippen LogP contribution < -0.4 is 5.32 Å². The number of carbonyl (C=O) groups excluding carboxylic acids is 1. The van der Waals surface area contributed by atoms with Gasteiger partial charge in [-0.2, -0.15) is 0 Å². The van der Waals surface area contributed by atoms with Gasteiger partial charge in [0.25, 0.3) is 0 Å². The van der Waals surface area contributed by atoms with Crippen LogP contribution in [0.5, 0.6) is 0 Å². The van der Waals surface area contributed by atoms with Crippen molar-refractivity contribution in [1.82, 2.24) is 15.0 Å². The Balaban J connectivity index is 2.08. The number of ether oxygens (including phenoxy) is 1. The van der Waals surface area contributed by atoms with Crippen LogP contribution in [0.1, 0.15) is 21.6 Å². The molecule has 1 N–H and O–H groups in total. The minimum Gasteiger partial charge on any atom is -0.464 e. The van der Waals surface area contributed by atoms with E-state index in [0.717, 1.165) is 11.1 Å². The highest BCUT2D eigenvalue weighted by Gasteiger charge is 2.08. The maximum Gasteiger partial charge on any atom is 0.358 e. The van der Waals surface area contributed by atoms with E-state index in [1.807, 2.05) is 13.0 Å². The molecule has 0 aliphatic carbocycles. The summed E-state index contributed by atoms with van der Waals surface area (Å²) in [4.78, 5) is 23.5. The minimum atomic E-state index is -0.506. The van der Waals surface area contributed by atoms with Crippen molar-refractivity contribution in [1.29, 1.82) is 0 Å². The van der Waals surface area contributed by atoms with Crippen LogP contribution in [0.25, 0.3) is 0 Å². The average Bonchev–Trinajstić information content (AvgIpc) is 2.46. The third-order valence-corrected chi connectivity index (χ3v) is 2.64. The number of aromatic nitrogens is 3. The maximum absolute atomic E-state index is 11.3. The van der Waals surface area contributed by atoms with Gasteiger partial charge in [0.05, 0.1) is 19.5 Å². The lowest BCUT2D eigenvalue weighted by Crippen LogP contribution is -2.09. The summed E-state index contributed by atoms with van der Waals surface area (Å²) < 4.78 is 4.59. The third kappa shape index (κ3) is 3.25. The number of methoxy groups -OCH3 is 1. The highest BCUT2D eigenvalue weighted by molar-refractivity contribution is 5.87. The fraction of sp³-hybridized carbons (Fsp3) is 0.231. The number of nitrogens with one attached hydrogen (secondary N) is 1. The number of pyridine rings is 1. The second-order valence-electron chi connectivity index (χ2n) is 3.94. The number of rotatable bonds is 4. The van der Waals surface area contributed by atoms with Gasteiger partial charge in [-0.3, -0.25) is 9.97 Å². The van der Waals surface area contributed by atoms with Gasteiger partial charge >= 0.3 is 5.97 Å². The highest BCUT2D eigenvalue weighted by atomic mass is 16.5. The van der Waals surface area contributed by atoms with Crippen LogP contribution in [-0.2, 0) is 11.3 Å². The molecule has 0 saturated carbocycles. The second kappa shape index (κ2) is 5.90. The van der Waals surface area contributed by atoms with Crippen molar-refractivity contribution in [3.63, 3.8) is 0 Å². The van der Waals surface area contributed by atoms with E-state index in [1.54, 1.807) is 18.6 Å². The number of anilines is 1. The molecule has 0 atom stereocenters. The van der Waals surface area contributed by atoms with Crippen LogP contribution in [0.15, 0.2) is 30.9 Å². The molecule has 0 spiro atoms. The number of nitrogens with zero attached hydrogens (tertiary/aromatic N) is 3. The molecule has 2 heterocycles. The molecule has 2 rings (SSSR count). The van der Waals surface area contributed by atoms with Crippen molar-refractivity contribution in [2.24, 2.45) is 0 Å². The van der Waals surface area contributed by atoms with Gasteiger partial charge in [0, 0.05) is 18.9 Å². The van der Waals surface area contributed by atoms with Crippen LogP contribution in [0.3, 0.4) is 0 Å². The van der Waals surface area contributed by atoms with E-state index in [2.05, 4.69) is 25.0 Å². The van der Waals surface area contributed by atoms with E-state index < -0.39 is 5.97 Å².